The van der Waals surface area contributed by atoms with Crippen LogP contribution in [-0.2, 0) is 18.2 Å². The summed E-state index contributed by atoms with van der Waals surface area (Å²) in [7, 11) is 2.03. The molecule has 0 amide bonds. The van der Waals surface area contributed by atoms with Crippen LogP contribution in [0.3, 0.4) is 0 Å². The Balaban J connectivity index is 2.09. The Hall–Kier alpha value is -0.390. The summed E-state index contributed by atoms with van der Waals surface area (Å²) < 4.78 is 8.83. The van der Waals surface area contributed by atoms with Crippen molar-refractivity contribution in [1.29, 1.82) is 0 Å². The standard InChI is InChI=1S/C15H26BrN3O/c1-4-7-17-13(12-6-5-8-20-10-12)9-14-15(16)11(2)18-19(14)3/h12-13,17H,4-10H2,1-3H3. The third-order valence-electron chi connectivity index (χ3n) is 4.10. The number of hydrogen-bond acceptors (Lipinski definition) is 3. The first kappa shape index (κ1) is 16.0. The molecule has 20 heavy (non-hydrogen) atoms. The van der Waals surface area contributed by atoms with Crippen molar-refractivity contribution in [3.63, 3.8) is 0 Å². The number of rotatable bonds is 6. The van der Waals surface area contributed by atoms with Gasteiger partial charge in [0.15, 0.2) is 0 Å². The van der Waals surface area contributed by atoms with Crippen LogP contribution in [0.2, 0.25) is 0 Å². The maximum atomic E-state index is 5.67. The molecule has 1 aliphatic heterocycles. The monoisotopic (exact) mass is 343 g/mol. The van der Waals surface area contributed by atoms with Gasteiger partial charge in [-0.1, -0.05) is 6.92 Å². The highest BCUT2D eigenvalue weighted by Gasteiger charge is 2.26. The normalized spacial score (nSPS) is 21.1. The van der Waals surface area contributed by atoms with E-state index >= 15 is 0 Å². The number of aryl methyl sites for hydroxylation is 2. The minimum atomic E-state index is 0.473. The molecule has 1 aliphatic rings. The van der Waals surface area contributed by atoms with Crippen LogP contribution in [0.25, 0.3) is 0 Å². The SMILES string of the molecule is CCCNC(Cc1c(Br)c(C)nn1C)C1CCCOC1. The van der Waals surface area contributed by atoms with E-state index in [2.05, 4.69) is 33.3 Å². The van der Waals surface area contributed by atoms with E-state index in [1.54, 1.807) is 0 Å². The van der Waals surface area contributed by atoms with Gasteiger partial charge in [0.1, 0.15) is 0 Å². The maximum absolute atomic E-state index is 5.67. The minimum Gasteiger partial charge on any atom is -0.381 e. The molecule has 0 aromatic carbocycles. The number of nitrogens with one attached hydrogen (secondary N) is 1. The quantitative estimate of drug-likeness (QED) is 0.863. The van der Waals surface area contributed by atoms with Gasteiger partial charge in [-0.15, -0.1) is 0 Å². The molecule has 4 nitrogen and oxygen atoms in total. The fraction of sp³-hybridized carbons (Fsp3) is 0.800. The van der Waals surface area contributed by atoms with Crippen molar-refractivity contribution in [2.24, 2.45) is 13.0 Å². The molecule has 1 saturated heterocycles. The van der Waals surface area contributed by atoms with Crippen molar-refractivity contribution in [2.75, 3.05) is 19.8 Å². The highest BCUT2D eigenvalue weighted by atomic mass is 79.9. The molecular formula is C15H26BrN3O. The summed E-state index contributed by atoms with van der Waals surface area (Å²) in [6, 6.07) is 0.473. The first-order chi connectivity index (χ1) is 9.63. The van der Waals surface area contributed by atoms with Crippen LogP contribution in [0.5, 0.6) is 0 Å². The molecule has 0 bridgehead atoms. The molecule has 1 N–H and O–H groups in total. The molecule has 0 radical (unpaired) electrons. The van der Waals surface area contributed by atoms with Crippen LogP contribution in [-0.4, -0.2) is 35.6 Å². The van der Waals surface area contributed by atoms with E-state index < -0.39 is 0 Å². The lowest BCUT2D eigenvalue weighted by Crippen LogP contribution is -2.42. The smallest absolute Gasteiger partial charge is 0.0738 e. The molecule has 2 atom stereocenters. The van der Waals surface area contributed by atoms with E-state index in [9.17, 15) is 0 Å². The first-order valence-corrected chi connectivity index (χ1v) is 8.41. The first-order valence-electron chi connectivity index (χ1n) is 7.62. The molecule has 2 unspecified atom stereocenters. The lowest BCUT2D eigenvalue weighted by molar-refractivity contribution is 0.0390. The molecular weight excluding hydrogens is 318 g/mol. The van der Waals surface area contributed by atoms with E-state index in [4.69, 9.17) is 4.74 Å². The molecule has 2 rings (SSSR count). The van der Waals surface area contributed by atoms with Crippen LogP contribution in [0.1, 0.15) is 37.6 Å². The van der Waals surface area contributed by atoms with Gasteiger partial charge in [-0.2, -0.15) is 5.10 Å². The average molecular weight is 344 g/mol. The van der Waals surface area contributed by atoms with Gasteiger partial charge in [0.25, 0.3) is 0 Å². The van der Waals surface area contributed by atoms with Crippen LogP contribution in [0.4, 0.5) is 0 Å². The summed E-state index contributed by atoms with van der Waals surface area (Å²) in [5, 5.41) is 8.21. The fourth-order valence-electron chi connectivity index (χ4n) is 2.93. The van der Waals surface area contributed by atoms with Crippen LogP contribution in [0.15, 0.2) is 4.47 Å². The van der Waals surface area contributed by atoms with Crippen molar-refractivity contribution in [3.05, 3.63) is 15.9 Å². The second-order valence-corrected chi connectivity index (χ2v) is 6.50. The Morgan fingerprint density at radius 2 is 2.35 bits per heavy atom. The van der Waals surface area contributed by atoms with Gasteiger partial charge in [-0.3, -0.25) is 4.68 Å². The zero-order valence-corrected chi connectivity index (χ0v) is 14.4. The summed E-state index contributed by atoms with van der Waals surface area (Å²) in [5.41, 5.74) is 2.35. The van der Waals surface area contributed by atoms with Gasteiger partial charge < -0.3 is 10.1 Å². The topological polar surface area (TPSA) is 39.1 Å². The number of hydrogen-bond donors (Lipinski definition) is 1. The van der Waals surface area contributed by atoms with Crippen molar-refractivity contribution in [3.8, 4) is 0 Å². The lowest BCUT2D eigenvalue weighted by Gasteiger charge is -2.31. The maximum Gasteiger partial charge on any atom is 0.0738 e. The Labute approximate surface area is 130 Å². The Kier molecular flexibility index (Phi) is 6.05. The third kappa shape index (κ3) is 3.83. The minimum absolute atomic E-state index is 0.473. The van der Waals surface area contributed by atoms with E-state index in [-0.39, 0.29) is 0 Å². The van der Waals surface area contributed by atoms with Gasteiger partial charge in [-0.05, 0) is 54.6 Å². The zero-order valence-electron chi connectivity index (χ0n) is 12.8. The van der Waals surface area contributed by atoms with Gasteiger partial charge in [0.2, 0.25) is 0 Å². The Bertz CT molecular complexity index is 427. The molecule has 5 heteroatoms. The van der Waals surface area contributed by atoms with Gasteiger partial charge in [0, 0.05) is 26.1 Å². The Morgan fingerprint density at radius 3 is 2.90 bits per heavy atom. The van der Waals surface area contributed by atoms with Gasteiger partial charge in [-0.25, -0.2) is 0 Å². The predicted molar refractivity (Wildman–Crippen MR) is 85.0 cm³/mol. The molecule has 0 saturated carbocycles. The van der Waals surface area contributed by atoms with Crippen molar-refractivity contribution >= 4 is 15.9 Å². The Morgan fingerprint density at radius 1 is 1.55 bits per heavy atom. The lowest BCUT2D eigenvalue weighted by atomic mass is 9.90. The number of halogens is 1. The van der Waals surface area contributed by atoms with Crippen LogP contribution in [0, 0.1) is 12.8 Å². The second kappa shape index (κ2) is 7.57. The summed E-state index contributed by atoms with van der Waals surface area (Å²) >= 11 is 3.68. The van der Waals surface area contributed by atoms with Crippen molar-refractivity contribution in [2.45, 2.75) is 45.6 Å². The van der Waals surface area contributed by atoms with E-state index in [0.717, 1.165) is 42.8 Å². The highest BCUT2D eigenvalue weighted by molar-refractivity contribution is 9.10. The molecule has 1 fully saturated rings. The number of ether oxygens (including phenoxy) is 1. The largest absolute Gasteiger partial charge is 0.381 e. The summed E-state index contributed by atoms with van der Waals surface area (Å²) in [6.07, 6.45) is 4.61. The van der Waals surface area contributed by atoms with Crippen LogP contribution >= 0.6 is 15.9 Å². The zero-order chi connectivity index (χ0) is 14.5. The fourth-order valence-corrected chi connectivity index (χ4v) is 3.43. The summed E-state index contributed by atoms with van der Waals surface area (Å²) in [4.78, 5) is 0. The average Bonchev–Trinajstić information content (AvgIpc) is 2.70. The summed E-state index contributed by atoms with van der Waals surface area (Å²) in [6.45, 7) is 7.13. The molecule has 0 spiro atoms. The van der Waals surface area contributed by atoms with Crippen LogP contribution < -0.4 is 5.32 Å². The number of aromatic nitrogens is 2. The van der Waals surface area contributed by atoms with Crippen molar-refractivity contribution in [1.82, 2.24) is 15.1 Å². The molecule has 0 aliphatic carbocycles. The predicted octanol–water partition coefficient (Wildman–Crippen LogP) is 2.83. The molecule has 2 heterocycles. The van der Waals surface area contributed by atoms with Gasteiger partial charge in [0.05, 0.1) is 22.5 Å². The van der Waals surface area contributed by atoms with Gasteiger partial charge >= 0.3 is 0 Å². The molecule has 1 aromatic rings. The molecule has 1 aromatic heterocycles. The van der Waals surface area contributed by atoms with E-state index in [1.807, 2.05) is 18.7 Å². The van der Waals surface area contributed by atoms with E-state index in [1.165, 1.54) is 18.5 Å². The van der Waals surface area contributed by atoms with E-state index in [0.29, 0.717) is 12.0 Å². The molecule has 114 valence electrons. The third-order valence-corrected chi connectivity index (χ3v) is 5.13. The van der Waals surface area contributed by atoms with Crippen molar-refractivity contribution < 1.29 is 4.74 Å². The second-order valence-electron chi connectivity index (χ2n) is 5.71. The highest BCUT2D eigenvalue weighted by Crippen LogP contribution is 2.25. The number of nitrogens with zero attached hydrogens (tertiary/aromatic N) is 2. The summed E-state index contributed by atoms with van der Waals surface area (Å²) in [5.74, 6) is 0.609.